The quantitative estimate of drug-likeness (QED) is 0.373. The van der Waals surface area contributed by atoms with E-state index in [1.54, 1.807) is 6.08 Å². The van der Waals surface area contributed by atoms with Crippen LogP contribution < -0.4 is 0 Å². The van der Waals surface area contributed by atoms with Crippen molar-refractivity contribution in [2.24, 2.45) is 5.92 Å². The summed E-state index contributed by atoms with van der Waals surface area (Å²) in [6.07, 6.45) is 6.88. The molecule has 0 aliphatic rings. The molecule has 2 heteroatoms. The van der Waals surface area contributed by atoms with Gasteiger partial charge in [0.1, 0.15) is 0 Å². The summed E-state index contributed by atoms with van der Waals surface area (Å²) in [6.45, 7) is 7.58. The summed E-state index contributed by atoms with van der Waals surface area (Å²) in [5, 5.41) is -0.474. The zero-order valence-electron chi connectivity index (χ0n) is 7.38. The van der Waals surface area contributed by atoms with E-state index in [-0.39, 0.29) is 0 Å². The Morgan fingerprint density at radius 1 is 1.50 bits per heavy atom. The molecule has 0 bridgehead atoms. The van der Waals surface area contributed by atoms with E-state index in [0.717, 1.165) is 0 Å². The zero-order chi connectivity index (χ0) is 9.56. The van der Waals surface area contributed by atoms with Crippen molar-refractivity contribution in [1.29, 1.82) is 0 Å². The van der Waals surface area contributed by atoms with Gasteiger partial charge in [0.2, 0.25) is 0 Å². The second-order valence-corrected chi connectivity index (χ2v) is 3.07. The highest BCUT2D eigenvalue weighted by molar-refractivity contribution is 6.68. The summed E-state index contributed by atoms with van der Waals surface area (Å²) in [5.74, 6) is 0.470. The summed E-state index contributed by atoms with van der Waals surface area (Å²) in [7, 11) is 0. The molecule has 0 rings (SSSR count). The highest BCUT2D eigenvalue weighted by Crippen LogP contribution is 2.02. The molecule has 0 amide bonds. The first kappa shape index (κ1) is 11.2. The lowest BCUT2D eigenvalue weighted by atomic mass is 10.2. The molecule has 0 saturated heterocycles. The topological polar surface area (TPSA) is 17.1 Å². The third-order valence-corrected chi connectivity index (χ3v) is 1.44. The molecule has 0 fully saturated rings. The molecule has 0 unspecified atom stereocenters. The fourth-order valence-corrected chi connectivity index (χ4v) is 0.735. The standard InChI is InChI=1S/C10H13ClO/c1-4-9(10(11)12)7-5-6-8(2)3/h4-8H,1H2,2-3H3/b6-5-,9-7+. The summed E-state index contributed by atoms with van der Waals surface area (Å²) in [4.78, 5) is 10.6. The molecule has 66 valence electrons. The molecule has 12 heavy (non-hydrogen) atoms. The molecular weight excluding hydrogens is 172 g/mol. The van der Waals surface area contributed by atoms with Crippen LogP contribution in [-0.2, 0) is 4.79 Å². The summed E-state index contributed by atoms with van der Waals surface area (Å²) in [6, 6.07) is 0. The van der Waals surface area contributed by atoms with Crippen molar-refractivity contribution >= 4 is 16.8 Å². The van der Waals surface area contributed by atoms with E-state index in [1.165, 1.54) is 6.08 Å². The van der Waals surface area contributed by atoms with Crippen molar-refractivity contribution in [3.05, 3.63) is 36.5 Å². The van der Waals surface area contributed by atoms with E-state index < -0.39 is 5.24 Å². The van der Waals surface area contributed by atoms with E-state index >= 15 is 0 Å². The van der Waals surface area contributed by atoms with Crippen LogP contribution in [0.2, 0.25) is 0 Å². The highest BCUT2D eigenvalue weighted by atomic mass is 35.5. The van der Waals surface area contributed by atoms with E-state index in [2.05, 4.69) is 20.4 Å². The largest absolute Gasteiger partial charge is 0.276 e. The van der Waals surface area contributed by atoms with E-state index in [4.69, 9.17) is 11.6 Å². The second kappa shape index (κ2) is 5.78. The predicted molar refractivity (Wildman–Crippen MR) is 53.1 cm³/mol. The Hall–Kier alpha value is -0.820. The van der Waals surface area contributed by atoms with Crippen molar-refractivity contribution < 1.29 is 4.79 Å². The lowest BCUT2D eigenvalue weighted by molar-refractivity contribution is -0.108. The van der Waals surface area contributed by atoms with Gasteiger partial charge < -0.3 is 0 Å². The average Bonchev–Trinajstić information content (AvgIpc) is 1.96. The minimum atomic E-state index is -0.474. The van der Waals surface area contributed by atoms with Gasteiger partial charge in [-0.05, 0) is 17.5 Å². The normalized spacial score (nSPS) is 12.5. The Bertz CT molecular complexity index is 224. The van der Waals surface area contributed by atoms with Gasteiger partial charge in [-0.15, -0.1) is 0 Å². The van der Waals surface area contributed by atoms with Crippen LogP contribution >= 0.6 is 11.6 Å². The molecular formula is C10H13ClO. The molecule has 1 nitrogen and oxygen atoms in total. The van der Waals surface area contributed by atoms with Crippen LogP contribution in [0.3, 0.4) is 0 Å². The highest BCUT2D eigenvalue weighted by Gasteiger charge is 1.97. The van der Waals surface area contributed by atoms with Gasteiger partial charge in [-0.2, -0.15) is 0 Å². The van der Waals surface area contributed by atoms with Crippen LogP contribution in [0, 0.1) is 5.92 Å². The van der Waals surface area contributed by atoms with Gasteiger partial charge in [0.15, 0.2) is 0 Å². The Morgan fingerprint density at radius 2 is 2.08 bits per heavy atom. The van der Waals surface area contributed by atoms with Gasteiger partial charge in [-0.1, -0.05) is 44.7 Å². The Kier molecular flexibility index (Phi) is 5.39. The van der Waals surface area contributed by atoms with Crippen molar-refractivity contribution in [3.63, 3.8) is 0 Å². The summed E-state index contributed by atoms with van der Waals surface area (Å²) < 4.78 is 0. The number of rotatable bonds is 4. The first-order valence-electron chi connectivity index (χ1n) is 3.78. The summed E-state index contributed by atoms with van der Waals surface area (Å²) >= 11 is 5.25. The first-order chi connectivity index (χ1) is 5.57. The van der Waals surface area contributed by atoms with Gasteiger partial charge >= 0.3 is 0 Å². The third kappa shape index (κ3) is 4.91. The molecule has 0 aromatic rings. The van der Waals surface area contributed by atoms with Gasteiger partial charge in [0.25, 0.3) is 5.24 Å². The Labute approximate surface area is 78.4 Å². The van der Waals surface area contributed by atoms with E-state index in [0.29, 0.717) is 11.5 Å². The molecule has 0 aliphatic heterocycles. The van der Waals surface area contributed by atoms with Crippen molar-refractivity contribution in [3.8, 4) is 0 Å². The lowest BCUT2D eigenvalue weighted by Crippen LogP contribution is -1.87. The first-order valence-corrected chi connectivity index (χ1v) is 4.16. The number of hydrogen-bond donors (Lipinski definition) is 0. The summed E-state index contributed by atoms with van der Waals surface area (Å²) in [5.41, 5.74) is 0.425. The minimum Gasteiger partial charge on any atom is -0.276 e. The van der Waals surface area contributed by atoms with Crippen molar-refractivity contribution in [2.75, 3.05) is 0 Å². The SMILES string of the molecule is C=C/C(=C\C=C/C(C)C)C(=O)Cl. The number of carbonyl (C=O) groups excluding carboxylic acids is 1. The van der Waals surface area contributed by atoms with Crippen LogP contribution in [0.25, 0.3) is 0 Å². The fraction of sp³-hybridized carbons (Fsp3) is 0.300. The lowest BCUT2D eigenvalue weighted by Gasteiger charge is -1.91. The van der Waals surface area contributed by atoms with E-state index in [9.17, 15) is 4.79 Å². The molecule has 0 spiro atoms. The van der Waals surface area contributed by atoms with Gasteiger partial charge in [-0.3, -0.25) is 4.79 Å². The van der Waals surface area contributed by atoms with Crippen LogP contribution in [0.4, 0.5) is 0 Å². The maximum absolute atomic E-state index is 10.6. The molecule has 0 heterocycles. The van der Waals surface area contributed by atoms with Crippen LogP contribution in [0.1, 0.15) is 13.8 Å². The number of allylic oxidation sites excluding steroid dienone is 5. The third-order valence-electron chi connectivity index (χ3n) is 1.22. The van der Waals surface area contributed by atoms with Crippen LogP contribution in [-0.4, -0.2) is 5.24 Å². The van der Waals surface area contributed by atoms with Crippen LogP contribution in [0.15, 0.2) is 36.5 Å². The number of carbonyl (C=O) groups is 1. The monoisotopic (exact) mass is 184 g/mol. The van der Waals surface area contributed by atoms with Crippen molar-refractivity contribution in [2.45, 2.75) is 13.8 Å². The fourth-order valence-electron chi connectivity index (χ4n) is 0.595. The van der Waals surface area contributed by atoms with Crippen molar-refractivity contribution in [1.82, 2.24) is 0 Å². The Morgan fingerprint density at radius 3 is 2.42 bits per heavy atom. The zero-order valence-corrected chi connectivity index (χ0v) is 8.14. The second-order valence-electron chi connectivity index (χ2n) is 2.73. The number of halogens is 1. The molecule has 0 aromatic carbocycles. The molecule has 0 saturated carbocycles. The average molecular weight is 185 g/mol. The minimum absolute atomic E-state index is 0.425. The molecule has 0 aliphatic carbocycles. The smallest absolute Gasteiger partial charge is 0.252 e. The van der Waals surface area contributed by atoms with Gasteiger partial charge in [-0.25, -0.2) is 0 Å². The predicted octanol–water partition coefficient (Wildman–Crippen LogP) is 3.08. The van der Waals surface area contributed by atoms with Crippen LogP contribution in [0.5, 0.6) is 0 Å². The van der Waals surface area contributed by atoms with Gasteiger partial charge in [0.05, 0.1) is 0 Å². The molecule has 0 radical (unpaired) electrons. The molecule has 0 atom stereocenters. The molecule has 0 N–H and O–H groups in total. The molecule has 0 aromatic heterocycles. The Balaban J connectivity index is 4.31. The van der Waals surface area contributed by atoms with E-state index in [1.807, 2.05) is 12.2 Å². The number of hydrogen-bond acceptors (Lipinski definition) is 1. The van der Waals surface area contributed by atoms with Gasteiger partial charge in [0, 0.05) is 5.57 Å². The maximum Gasteiger partial charge on any atom is 0.252 e. The maximum atomic E-state index is 10.6.